The van der Waals surface area contributed by atoms with E-state index >= 15 is 0 Å². The molecule has 1 aromatic heterocycles. The number of nitrogens with zero attached hydrogens (tertiary/aromatic N) is 8. The highest BCUT2D eigenvalue weighted by molar-refractivity contribution is 6.23. The highest BCUT2D eigenvalue weighted by Gasteiger charge is 2.45. The summed E-state index contributed by atoms with van der Waals surface area (Å²) in [5.74, 6) is -0.833. The molecule has 0 radical (unpaired) electrons. The molecule has 0 bridgehead atoms. The molecule has 314 valence electrons. The maximum absolute atomic E-state index is 13.4. The maximum atomic E-state index is 13.4. The van der Waals surface area contributed by atoms with E-state index in [2.05, 4.69) is 42.5 Å². The van der Waals surface area contributed by atoms with E-state index in [1.54, 1.807) is 17.0 Å². The number of nitrogens with one attached hydrogen (secondary N) is 2. The van der Waals surface area contributed by atoms with Crippen molar-refractivity contribution in [1.82, 2.24) is 34.9 Å². The zero-order chi connectivity index (χ0) is 41.7. The Hall–Kier alpha value is -6.10. The number of amides is 7. The molecule has 0 spiro atoms. The van der Waals surface area contributed by atoms with E-state index in [4.69, 9.17) is 10.7 Å². The molecule has 17 heteroatoms. The van der Waals surface area contributed by atoms with Crippen LogP contribution in [0.4, 0.5) is 27.9 Å². The van der Waals surface area contributed by atoms with Crippen LogP contribution in [0.5, 0.6) is 0 Å². The number of primary amides is 1. The number of piperidine rings is 3. The summed E-state index contributed by atoms with van der Waals surface area (Å²) < 4.78 is 0. The van der Waals surface area contributed by atoms with Gasteiger partial charge >= 0.3 is 6.03 Å². The number of likely N-dealkylation sites (N-methyl/N-ethyl adjacent to an activating group) is 1. The van der Waals surface area contributed by atoms with Gasteiger partial charge in [0, 0.05) is 76.9 Å². The number of urea groups is 1. The molecule has 0 aliphatic carbocycles. The summed E-state index contributed by atoms with van der Waals surface area (Å²) in [6, 6.07) is 12.8. The first kappa shape index (κ1) is 39.4. The van der Waals surface area contributed by atoms with E-state index in [1.165, 1.54) is 11.8 Å². The largest absolute Gasteiger partial charge is 0.371 e. The molecule has 2 unspecified atom stereocenters. The van der Waals surface area contributed by atoms with E-state index in [0.29, 0.717) is 47.8 Å². The van der Waals surface area contributed by atoms with Crippen molar-refractivity contribution in [3.8, 4) is 0 Å². The molecule has 3 atom stereocenters. The molecule has 9 rings (SSSR count). The van der Waals surface area contributed by atoms with Gasteiger partial charge < -0.3 is 35.6 Å². The smallest absolute Gasteiger partial charge is 0.320 e. The molecular formula is C43H51N11O6. The second-order valence-electron chi connectivity index (χ2n) is 17.0. The third-order valence-corrected chi connectivity index (χ3v) is 13.2. The summed E-state index contributed by atoms with van der Waals surface area (Å²) in [5.41, 5.74) is 9.51. The lowest BCUT2D eigenvalue weighted by molar-refractivity contribution is -0.136. The van der Waals surface area contributed by atoms with Gasteiger partial charge in [0.15, 0.2) is 0 Å². The van der Waals surface area contributed by atoms with E-state index in [1.807, 2.05) is 30.1 Å². The third kappa shape index (κ3) is 7.61. The molecule has 2 aromatic carbocycles. The second-order valence-corrected chi connectivity index (χ2v) is 17.0. The zero-order valence-corrected chi connectivity index (χ0v) is 33.8. The number of carbonyl (C=O) groups is 6. The fourth-order valence-electron chi connectivity index (χ4n) is 9.86. The number of likely N-dealkylation sites (tertiary alicyclic amines) is 1. The van der Waals surface area contributed by atoms with Crippen LogP contribution in [0.2, 0.25) is 0 Å². The summed E-state index contributed by atoms with van der Waals surface area (Å²) >= 11 is 0. The van der Waals surface area contributed by atoms with Gasteiger partial charge in [0.05, 0.1) is 17.2 Å². The number of fused-ring (bicyclic) bond motifs is 1. The van der Waals surface area contributed by atoms with Gasteiger partial charge in [-0.25, -0.2) is 9.78 Å². The van der Waals surface area contributed by atoms with Crippen LogP contribution in [0.1, 0.15) is 87.5 Å². The second kappa shape index (κ2) is 16.2. The topological polar surface area (TPSA) is 198 Å². The SMILES string of the molecule is CN1CCN([C@@H]2CCCN(c3ncc(C(N)=O)c(Nc4ccc(C5CCN(CC6CCN(c7ccc8c(c7)C(=O)N(C7CCC(=O)NC7=O)C8=O)C6)CC5)cc4)n3)C2)C1=O. The molecule has 3 aromatic rings. The van der Waals surface area contributed by atoms with E-state index in [0.717, 1.165) is 94.2 Å². The summed E-state index contributed by atoms with van der Waals surface area (Å²) in [6.07, 6.45) is 6.66. The first-order valence-corrected chi connectivity index (χ1v) is 21.1. The van der Waals surface area contributed by atoms with E-state index in [9.17, 15) is 28.8 Å². The number of aromatic nitrogens is 2. The Kier molecular flexibility index (Phi) is 10.6. The Morgan fingerprint density at radius 1 is 0.850 bits per heavy atom. The lowest BCUT2D eigenvalue weighted by Gasteiger charge is -2.37. The normalized spacial score (nSPS) is 24.1. The highest BCUT2D eigenvalue weighted by atomic mass is 16.2. The Bertz CT molecular complexity index is 2230. The van der Waals surface area contributed by atoms with Crippen LogP contribution in [0.3, 0.4) is 0 Å². The van der Waals surface area contributed by atoms with E-state index in [-0.39, 0.29) is 30.5 Å². The van der Waals surface area contributed by atoms with Gasteiger partial charge in [-0.2, -0.15) is 4.98 Å². The van der Waals surface area contributed by atoms with Crippen LogP contribution in [0.15, 0.2) is 48.7 Å². The summed E-state index contributed by atoms with van der Waals surface area (Å²) in [7, 11) is 1.83. The molecule has 60 heavy (non-hydrogen) atoms. The monoisotopic (exact) mass is 817 g/mol. The molecule has 5 saturated heterocycles. The summed E-state index contributed by atoms with van der Waals surface area (Å²) in [5, 5.41) is 5.57. The van der Waals surface area contributed by atoms with Crippen LogP contribution < -0.4 is 26.2 Å². The van der Waals surface area contributed by atoms with Crippen LogP contribution in [0, 0.1) is 5.92 Å². The molecule has 6 aliphatic rings. The van der Waals surface area contributed by atoms with Crippen molar-refractivity contribution in [3.05, 3.63) is 70.9 Å². The van der Waals surface area contributed by atoms with Crippen LogP contribution in [-0.4, -0.2) is 143 Å². The minimum Gasteiger partial charge on any atom is -0.371 e. The van der Waals surface area contributed by atoms with Crippen molar-refractivity contribution in [3.63, 3.8) is 0 Å². The van der Waals surface area contributed by atoms with Gasteiger partial charge in [0.1, 0.15) is 17.4 Å². The van der Waals surface area contributed by atoms with Crippen molar-refractivity contribution in [2.75, 3.05) is 81.1 Å². The Morgan fingerprint density at radius 2 is 1.63 bits per heavy atom. The summed E-state index contributed by atoms with van der Waals surface area (Å²) in [4.78, 5) is 96.6. The number of nitrogens with two attached hydrogens (primary N) is 1. The summed E-state index contributed by atoms with van der Waals surface area (Å²) in [6.45, 7) is 7.52. The van der Waals surface area contributed by atoms with Gasteiger partial charge in [-0.1, -0.05) is 12.1 Å². The number of imide groups is 2. The van der Waals surface area contributed by atoms with Crippen molar-refractivity contribution >= 4 is 58.7 Å². The maximum Gasteiger partial charge on any atom is 0.320 e. The minimum atomic E-state index is -0.977. The van der Waals surface area contributed by atoms with Crippen molar-refractivity contribution < 1.29 is 28.8 Å². The quantitative estimate of drug-likeness (QED) is 0.254. The first-order chi connectivity index (χ1) is 29.0. The number of hydrogen-bond acceptors (Lipinski definition) is 12. The average molecular weight is 818 g/mol. The first-order valence-electron chi connectivity index (χ1n) is 21.1. The average Bonchev–Trinajstić information content (AvgIpc) is 3.93. The van der Waals surface area contributed by atoms with Gasteiger partial charge in [0.2, 0.25) is 17.8 Å². The minimum absolute atomic E-state index is 0.0548. The van der Waals surface area contributed by atoms with E-state index < -0.39 is 35.6 Å². The van der Waals surface area contributed by atoms with Crippen molar-refractivity contribution in [1.29, 1.82) is 0 Å². The number of carbonyl (C=O) groups excluding carboxylic acids is 6. The molecule has 5 fully saturated rings. The number of anilines is 4. The van der Waals surface area contributed by atoms with Crippen LogP contribution in [-0.2, 0) is 9.59 Å². The zero-order valence-electron chi connectivity index (χ0n) is 33.8. The van der Waals surface area contributed by atoms with Crippen molar-refractivity contribution in [2.24, 2.45) is 11.7 Å². The van der Waals surface area contributed by atoms with Crippen LogP contribution in [0.25, 0.3) is 0 Å². The van der Waals surface area contributed by atoms with Gasteiger partial charge in [-0.3, -0.25) is 34.2 Å². The van der Waals surface area contributed by atoms with Crippen molar-refractivity contribution in [2.45, 2.75) is 62.9 Å². The molecule has 7 heterocycles. The van der Waals surface area contributed by atoms with Gasteiger partial charge in [0.25, 0.3) is 17.7 Å². The number of rotatable bonds is 10. The fourth-order valence-corrected chi connectivity index (χ4v) is 9.86. The Morgan fingerprint density at radius 3 is 2.37 bits per heavy atom. The Labute approximate surface area is 348 Å². The lowest BCUT2D eigenvalue weighted by atomic mass is 9.89. The van der Waals surface area contributed by atoms with Crippen LogP contribution >= 0.6 is 0 Å². The molecule has 17 nitrogen and oxygen atoms in total. The fraction of sp³-hybridized carbons (Fsp3) is 0.488. The third-order valence-electron chi connectivity index (χ3n) is 13.2. The van der Waals surface area contributed by atoms with Gasteiger partial charge in [-0.05, 0) is 99.3 Å². The molecule has 0 saturated carbocycles. The predicted octanol–water partition coefficient (Wildman–Crippen LogP) is 2.76. The van der Waals surface area contributed by atoms with Gasteiger partial charge in [-0.15, -0.1) is 0 Å². The molecule has 4 N–H and O–H groups in total. The predicted molar refractivity (Wildman–Crippen MR) is 222 cm³/mol. The Balaban J connectivity index is 0.771. The highest BCUT2D eigenvalue weighted by Crippen LogP contribution is 2.35. The lowest BCUT2D eigenvalue weighted by Crippen LogP contribution is -2.54. The molecular weight excluding hydrogens is 767 g/mol. The standard InChI is InChI=1S/C43H51N11O6/c1-49-19-20-53(43(49)60)31-3-2-15-52(25-31)42-45-22-34(37(44)56)38(48-42)46-29-6-4-27(5-7-29)28-13-16-50(17-14-28)23-26-12-18-51(24-26)30-8-9-32-33(21-30)41(59)54(40(32)58)35-10-11-36(55)47-39(35)57/h4-9,21-22,26,28,31,35H,2-3,10-20,23-25H2,1H3,(H2,44,56)(H,45,46,48)(H,47,55,57)/t26?,31-,35?/m1/s1. The molecule has 6 aliphatic heterocycles. The number of benzene rings is 2. The number of hydrogen-bond donors (Lipinski definition) is 3. The molecule has 7 amide bonds.